The fourth-order valence-corrected chi connectivity index (χ4v) is 3.98. The predicted octanol–water partition coefficient (Wildman–Crippen LogP) is 3.25. The summed E-state index contributed by atoms with van der Waals surface area (Å²) in [6.07, 6.45) is -2.07. The van der Waals surface area contributed by atoms with Gasteiger partial charge in [0, 0.05) is 19.3 Å². The van der Waals surface area contributed by atoms with E-state index in [2.05, 4.69) is 4.98 Å². The smallest absolute Gasteiger partial charge is 0.356 e. The van der Waals surface area contributed by atoms with Crippen LogP contribution < -0.4 is 16.1 Å². The van der Waals surface area contributed by atoms with E-state index in [9.17, 15) is 37.7 Å². The predicted molar refractivity (Wildman–Crippen MR) is 117 cm³/mol. The highest BCUT2D eigenvalue weighted by molar-refractivity contribution is 6.30. The maximum Gasteiger partial charge on any atom is 0.395 e. The Kier molecular flexibility index (Phi) is 6.09. The largest absolute Gasteiger partial charge is 0.395 e. The van der Waals surface area contributed by atoms with Crippen molar-refractivity contribution >= 4 is 17.4 Å². The molecule has 0 radical (unpaired) electrons. The van der Waals surface area contributed by atoms with Gasteiger partial charge in [-0.25, -0.2) is 13.8 Å². The van der Waals surface area contributed by atoms with Crippen molar-refractivity contribution in [1.82, 2.24) is 14.1 Å². The molecule has 1 fully saturated rings. The van der Waals surface area contributed by atoms with Crippen LogP contribution in [0.4, 0.5) is 23.4 Å². The lowest BCUT2D eigenvalue weighted by Crippen LogP contribution is -2.56. The number of hydrogen-bond acceptors (Lipinski definition) is 6. The molecule has 0 amide bonds. The topological polar surface area (TPSA) is 108 Å². The molecule has 13 heteroatoms. The molecule has 2 aromatic heterocycles. The highest BCUT2D eigenvalue weighted by atomic mass is 35.5. The van der Waals surface area contributed by atoms with Crippen molar-refractivity contribution in [3.8, 4) is 29.0 Å². The van der Waals surface area contributed by atoms with Crippen molar-refractivity contribution in [3.05, 3.63) is 73.9 Å². The molecule has 0 atom stereocenters. The molecule has 3 heterocycles. The molecule has 1 aromatic carbocycles. The van der Waals surface area contributed by atoms with Gasteiger partial charge in [-0.2, -0.15) is 23.7 Å². The van der Waals surface area contributed by atoms with Crippen molar-refractivity contribution in [2.24, 2.45) is 5.92 Å². The fourth-order valence-electron chi connectivity index (χ4n) is 3.81. The summed E-state index contributed by atoms with van der Waals surface area (Å²) in [7, 11) is 0. The van der Waals surface area contributed by atoms with E-state index in [-0.39, 0.29) is 27.7 Å². The van der Waals surface area contributed by atoms with E-state index in [0.717, 1.165) is 21.6 Å². The van der Waals surface area contributed by atoms with Crippen LogP contribution in [0.2, 0.25) is 5.02 Å². The Bertz CT molecular complexity index is 1530. The molecule has 0 aliphatic carbocycles. The Labute approximate surface area is 199 Å². The van der Waals surface area contributed by atoms with Crippen LogP contribution in [0.15, 0.2) is 46.2 Å². The zero-order chi connectivity index (χ0) is 25.5. The average Bonchev–Trinajstić information content (AvgIpc) is 2.75. The number of pyridine rings is 1. The molecule has 8 nitrogen and oxygen atoms in total. The first-order valence-electron chi connectivity index (χ1n) is 9.96. The molecule has 0 spiro atoms. The molecule has 35 heavy (non-hydrogen) atoms. The number of alkyl halides is 3. The van der Waals surface area contributed by atoms with Gasteiger partial charge in [0.15, 0.2) is 0 Å². The Balaban J connectivity index is 2.07. The van der Waals surface area contributed by atoms with Gasteiger partial charge in [-0.05, 0) is 23.8 Å². The van der Waals surface area contributed by atoms with Gasteiger partial charge in [0.25, 0.3) is 5.56 Å². The zero-order valence-electron chi connectivity index (χ0n) is 17.6. The van der Waals surface area contributed by atoms with Gasteiger partial charge in [-0.15, -0.1) is 0 Å². The molecule has 1 saturated heterocycles. The van der Waals surface area contributed by atoms with Crippen LogP contribution in [0, 0.1) is 34.4 Å². The molecule has 4 rings (SSSR count). The fraction of sp³-hybridized carbons (Fsp3) is 0.227. The molecule has 3 aromatic rings. The molecule has 178 valence electrons. The van der Waals surface area contributed by atoms with Crippen LogP contribution >= 0.6 is 11.6 Å². The Hall–Kier alpha value is -4.16. The minimum atomic E-state index is -4.50. The van der Waals surface area contributed by atoms with E-state index < -0.39 is 54.4 Å². The van der Waals surface area contributed by atoms with Crippen molar-refractivity contribution in [2.45, 2.75) is 12.7 Å². The molecule has 0 bridgehead atoms. The second-order valence-corrected chi connectivity index (χ2v) is 8.11. The number of nitrogens with zero attached hydrogens (tertiary/aromatic N) is 6. The first-order valence-corrected chi connectivity index (χ1v) is 10.3. The maximum atomic E-state index is 14.0. The lowest BCUT2D eigenvalue weighted by molar-refractivity contribution is -0.180. The minimum absolute atomic E-state index is 0.0196. The second-order valence-electron chi connectivity index (χ2n) is 7.68. The monoisotopic (exact) mass is 504 g/mol. The van der Waals surface area contributed by atoms with Gasteiger partial charge < -0.3 is 4.90 Å². The second kappa shape index (κ2) is 8.89. The number of nitriles is 2. The summed E-state index contributed by atoms with van der Waals surface area (Å²) in [5.41, 5.74) is -2.73. The van der Waals surface area contributed by atoms with E-state index in [0.29, 0.717) is 4.57 Å². The van der Waals surface area contributed by atoms with Gasteiger partial charge in [0.05, 0.1) is 40.0 Å². The lowest BCUT2D eigenvalue weighted by Gasteiger charge is -2.43. The lowest BCUT2D eigenvalue weighted by atomic mass is 9.97. The molecular weight excluding hydrogens is 492 g/mol. The molecule has 0 saturated carbocycles. The Morgan fingerprint density at radius 2 is 1.86 bits per heavy atom. The van der Waals surface area contributed by atoms with Crippen LogP contribution in [0.5, 0.6) is 0 Å². The summed E-state index contributed by atoms with van der Waals surface area (Å²) in [5.74, 6) is -2.81. The van der Waals surface area contributed by atoms with E-state index in [1.54, 1.807) is 12.1 Å². The Morgan fingerprint density at radius 1 is 1.14 bits per heavy atom. The first kappa shape index (κ1) is 24.0. The van der Waals surface area contributed by atoms with E-state index in [1.807, 2.05) is 0 Å². The number of hydrogen-bond donors (Lipinski definition) is 0. The van der Waals surface area contributed by atoms with Crippen LogP contribution in [0.25, 0.3) is 16.8 Å². The van der Waals surface area contributed by atoms with Gasteiger partial charge in [0.1, 0.15) is 24.2 Å². The Morgan fingerprint density at radius 3 is 2.46 bits per heavy atom. The summed E-state index contributed by atoms with van der Waals surface area (Å²) in [4.78, 5) is 32.0. The quantitative estimate of drug-likeness (QED) is 0.505. The van der Waals surface area contributed by atoms with E-state index in [4.69, 9.17) is 11.6 Å². The number of aromatic nitrogens is 3. The van der Waals surface area contributed by atoms with E-state index >= 15 is 0 Å². The number of rotatable bonds is 4. The third kappa shape index (κ3) is 4.24. The summed E-state index contributed by atoms with van der Waals surface area (Å²) >= 11 is 5.95. The summed E-state index contributed by atoms with van der Waals surface area (Å²) in [6.45, 7) is -1.72. The molecular formula is C22H13ClF4N6O2. The minimum Gasteiger partial charge on any atom is -0.356 e. The molecule has 1 aliphatic rings. The van der Waals surface area contributed by atoms with Crippen molar-refractivity contribution in [2.75, 3.05) is 18.0 Å². The third-order valence-corrected chi connectivity index (χ3v) is 5.72. The number of benzene rings is 1. The average molecular weight is 505 g/mol. The van der Waals surface area contributed by atoms with E-state index in [1.165, 1.54) is 24.5 Å². The van der Waals surface area contributed by atoms with Crippen molar-refractivity contribution < 1.29 is 17.6 Å². The molecule has 1 aliphatic heterocycles. The normalized spacial score (nSPS) is 13.7. The van der Waals surface area contributed by atoms with Crippen molar-refractivity contribution in [3.63, 3.8) is 0 Å². The van der Waals surface area contributed by atoms with Gasteiger partial charge >= 0.3 is 11.9 Å². The first-order chi connectivity index (χ1) is 16.6. The maximum absolute atomic E-state index is 14.0. The van der Waals surface area contributed by atoms with Gasteiger partial charge in [-0.1, -0.05) is 17.7 Å². The van der Waals surface area contributed by atoms with Crippen LogP contribution in [-0.2, 0) is 6.54 Å². The summed E-state index contributed by atoms with van der Waals surface area (Å²) < 4.78 is 55.1. The van der Waals surface area contributed by atoms with Crippen LogP contribution in [-0.4, -0.2) is 33.4 Å². The van der Waals surface area contributed by atoms with Gasteiger partial charge in [-0.3, -0.25) is 14.3 Å². The number of anilines is 1. The zero-order valence-corrected chi connectivity index (χ0v) is 18.3. The molecule has 0 N–H and O–H groups in total. The molecule has 0 unspecified atom stereocenters. The SMILES string of the molecule is N#CCn1c(N2CC(C(F)(F)F)C2)c(-c2ccc(F)c(C#N)c2)c(=O)n(-c2cncc(Cl)c2)c1=O. The van der Waals surface area contributed by atoms with Crippen LogP contribution in [0.1, 0.15) is 5.56 Å². The van der Waals surface area contributed by atoms with Gasteiger partial charge in [0.2, 0.25) is 0 Å². The van der Waals surface area contributed by atoms with Crippen molar-refractivity contribution in [1.29, 1.82) is 10.5 Å². The highest BCUT2D eigenvalue weighted by Crippen LogP contribution is 2.39. The summed E-state index contributed by atoms with van der Waals surface area (Å²) in [6, 6.07) is 7.83. The summed E-state index contributed by atoms with van der Waals surface area (Å²) in [5, 5.41) is 18.7. The highest BCUT2D eigenvalue weighted by Gasteiger charge is 2.48. The van der Waals surface area contributed by atoms with Crippen LogP contribution in [0.3, 0.4) is 0 Å². The third-order valence-electron chi connectivity index (χ3n) is 5.52. The number of halogens is 5. The standard InChI is InChI=1S/C22H13ClF4N6O2/c23-15-6-16(9-30-8-15)33-20(34)18(12-1-2-17(24)13(5-12)7-29)19(32(4-3-28)21(33)35)31-10-14(11-31)22(25,26)27/h1-2,5-6,8-9,14H,4,10-11H2.